The van der Waals surface area contributed by atoms with Gasteiger partial charge in [-0.25, -0.2) is 13.8 Å². The molecule has 1 aliphatic carbocycles. The molecule has 1 fully saturated rings. The number of anilines is 1. The van der Waals surface area contributed by atoms with Crippen LogP contribution in [0, 0.1) is 5.92 Å². The summed E-state index contributed by atoms with van der Waals surface area (Å²) in [6, 6.07) is 2.79. The van der Waals surface area contributed by atoms with E-state index in [4.69, 9.17) is 0 Å². The molecule has 0 spiro atoms. The highest BCUT2D eigenvalue weighted by Gasteiger charge is 2.33. The predicted molar refractivity (Wildman–Crippen MR) is 91.0 cm³/mol. The van der Waals surface area contributed by atoms with Gasteiger partial charge in [-0.05, 0) is 43.7 Å². The number of rotatable bonds is 4. The third-order valence-electron chi connectivity index (χ3n) is 4.85. The third kappa shape index (κ3) is 4.48. The van der Waals surface area contributed by atoms with E-state index in [1.807, 2.05) is 0 Å². The van der Waals surface area contributed by atoms with Gasteiger partial charge in [0.1, 0.15) is 11.4 Å². The van der Waals surface area contributed by atoms with Crippen molar-refractivity contribution in [1.29, 1.82) is 0 Å². The van der Waals surface area contributed by atoms with Crippen molar-refractivity contribution in [3.8, 4) is 0 Å². The molecule has 0 unspecified atom stereocenters. The van der Waals surface area contributed by atoms with E-state index in [1.165, 1.54) is 10.9 Å². The van der Waals surface area contributed by atoms with Gasteiger partial charge in [0.2, 0.25) is 0 Å². The molecule has 2 aromatic rings. The number of nitrogens with one attached hydrogen (secondary N) is 1. The van der Waals surface area contributed by atoms with Crippen LogP contribution < -0.4 is 5.32 Å². The Morgan fingerprint density at radius 1 is 1.21 bits per heavy atom. The lowest BCUT2D eigenvalue weighted by Gasteiger charge is -2.26. The van der Waals surface area contributed by atoms with Gasteiger partial charge in [0.15, 0.2) is 5.69 Å². The summed E-state index contributed by atoms with van der Waals surface area (Å²) >= 11 is 0. The maximum Gasteiger partial charge on any atom is 0.433 e. The first kappa shape index (κ1) is 20.2. The lowest BCUT2D eigenvalue weighted by Crippen LogP contribution is -2.18. The van der Waals surface area contributed by atoms with E-state index >= 15 is 0 Å². The number of hydrogen-bond acceptors (Lipinski definition) is 3. The number of alkyl halides is 5. The Bertz CT molecular complexity index is 841. The topological polar surface area (TPSA) is 59.8 Å². The van der Waals surface area contributed by atoms with Crippen molar-refractivity contribution >= 4 is 11.6 Å². The maximum absolute atomic E-state index is 13.4. The Morgan fingerprint density at radius 2 is 1.89 bits per heavy atom. The summed E-state index contributed by atoms with van der Waals surface area (Å²) in [5.41, 5.74) is -2.59. The molecule has 2 heterocycles. The quantitative estimate of drug-likeness (QED) is 0.712. The molecule has 1 saturated carbocycles. The Morgan fingerprint density at radius 3 is 2.50 bits per heavy atom. The zero-order chi connectivity index (χ0) is 20.5. The van der Waals surface area contributed by atoms with Crippen molar-refractivity contribution in [1.82, 2.24) is 14.8 Å². The van der Waals surface area contributed by atoms with Crippen molar-refractivity contribution < 1.29 is 26.7 Å². The molecule has 0 aliphatic heterocycles. The zero-order valence-electron chi connectivity index (χ0n) is 15.0. The molecule has 1 amide bonds. The van der Waals surface area contributed by atoms with E-state index in [1.54, 1.807) is 0 Å². The number of carbonyl (C=O) groups is 1. The normalized spacial score (nSPS) is 20.4. The minimum Gasteiger partial charge on any atom is -0.318 e. The van der Waals surface area contributed by atoms with E-state index in [0.717, 1.165) is 43.9 Å². The van der Waals surface area contributed by atoms with Crippen LogP contribution in [0.15, 0.2) is 24.4 Å². The molecule has 0 aromatic carbocycles. The predicted octanol–water partition coefficient (Wildman–Crippen LogP) is 5.24. The Kier molecular flexibility index (Phi) is 5.66. The molecule has 0 radical (unpaired) electrons. The zero-order valence-corrected chi connectivity index (χ0v) is 15.0. The molecule has 1 N–H and O–H groups in total. The van der Waals surface area contributed by atoms with Crippen LogP contribution in [-0.4, -0.2) is 20.7 Å². The largest absolute Gasteiger partial charge is 0.433 e. The standard InChI is InChI=1S/C18H19F5N4O/c1-10-5-7-11(8-6-10)27-9-13(15(26-27)16(19)20)25-17(28)12-3-2-4-14(24-12)18(21,22)23/h2-4,9-11,16H,5-8H2,1H3,(H,25,28). The average Bonchev–Trinajstić information content (AvgIpc) is 3.06. The lowest BCUT2D eigenvalue weighted by atomic mass is 9.87. The van der Waals surface area contributed by atoms with Crippen LogP contribution in [0.4, 0.5) is 27.6 Å². The van der Waals surface area contributed by atoms with E-state index in [9.17, 15) is 26.7 Å². The number of aromatic nitrogens is 3. The minimum absolute atomic E-state index is 0.0500. The summed E-state index contributed by atoms with van der Waals surface area (Å²) in [5, 5.41) is 6.14. The molecule has 2 aromatic heterocycles. The number of carbonyl (C=O) groups excluding carboxylic acids is 1. The number of hydrogen-bond donors (Lipinski definition) is 1. The first-order valence-electron chi connectivity index (χ1n) is 8.88. The van der Waals surface area contributed by atoms with Crippen LogP contribution in [0.5, 0.6) is 0 Å². The van der Waals surface area contributed by atoms with Crippen molar-refractivity contribution in [2.24, 2.45) is 5.92 Å². The summed E-state index contributed by atoms with van der Waals surface area (Å²) in [5.74, 6) is -0.447. The molecule has 0 bridgehead atoms. The third-order valence-corrected chi connectivity index (χ3v) is 4.85. The molecular formula is C18H19F5N4O. The van der Waals surface area contributed by atoms with Crippen molar-refractivity contribution in [2.45, 2.75) is 51.3 Å². The molecule has 1 aliphatic rings. The highest BCUT2D eigenvalue weighted by atomic mass is 19.4. The number of halogens is 5. The highest BCUT2D eigenvalue weighted by Crippen LogP contribution is 2.34. The van der Waals surface area contributed by atoms with Crippen molar-refractivity contribution in [3.63, 3.8) is 0 Å². The summed E-state index contributed by atoms with van der Waals surface area (Å²) in [4.78, 5) is 15.5. The first-order chi connectivity index (χ1) is 13.1. The van der Waals surface area contributed by atoms with E-state index in [-0.39, 0.29) is 11.7 Å². The first-order valence-corrected chi connectivity index (χ1v) is 8.88. The molecule has 0 atom stereocenters. The van der Waals surface area contributed by atoms with Gasteiger partial charge in [0.05, 0.1) is 11.7 Å². The lowest BCUT2D eigenvalue weighted by molar-refractivity contribution is -0.141. The summed E-state index contributed by atoms with van der Waals surface area (Å²) < 4.78 is 66.4. The highest BCUT2D eigenvalue weighted by molar-refractivity contribution is 6.03. The van der Waals surface area contributed by atoms with Crippen LogP contribution in [-0.2, 0) is 6.18 Å². The second-order valence-electron chi connectivity index (χ2n) is 6.98. The average molecular weight is 402 g/mol. The minimum atomic E-state index is -4.71. The molecule has 152 valence electrons. The summed E-state index contributed by atoms with van der Waals surface area (Å²) in [6.07, 6.45) is -2.87. The number of nitrogens with zero attached hydrogens (tertiary/aromatic N) is 3. The van der Waals surface area contributed by atoms with E-state index < -0.39 is 35.6 Å². The van der Waals surface area contributed by atoms with Gasteiger partial charge in [0, 0.05) is 6.20 Å². The van der Waals surface area contributed by atoms with Crippen molar-refractivity contribution in [2.75, 3.05) is 5.32 Å². The fourth-order valence-corrected chi connectivity index (χ4v) is 3.26. The second kappa shape index (κ2) is 7.84. The van der Waals surface area contributed by atoms with Gasteiger partial charge in [-0.2, -0.15) is 18.3 Å². The SMILES string of the molecule is CC1CCC(n2cc(NC(=O)c3cccc(C(F)(F)F)n3)c(C(F)F)n2)CC1. The Balaban J connectivity index is 1.82. The van der Waals surface area contributed by atoms with E-state index in [2.05, 4.69) is 22.3 Å². The monoisotopic (exact) mass is 402 g/mol. The van der Waals surface area contributed by atoms with Gasteiger partial charge < -0.3 is 5.32 Å². The van der Waals surface area contributed by atoms with Gasteiger partial charge in [-0.15, -0.1) is 0 Å². The molecule has 5 nitrogen and oxygen atoms in total. The summed E-state index contributed by atoms with van der Waals surface area (Å²) in [7, 11) is 0. The Hall–Kier alpha value is -2.52. The number of pyridine rings is 1. The molecule has 0 saturated heterocycles. The van der Waals surface area contributed by atoms with E-state index in [0.29, 0.717) is 5.92 Å². The number of amides is 1. The Labute approximate surface area is 157 Å². The van der Waals surface area contributed by atoms with Crippen LogP contribution in [0.3, 0.4) is 0 Å². The van der Waals surface area contributed by atoms with Crippen molar-refractivity contribution in [3.05, 3.63) is 41.5 Å². The molecule has 10 heteroatoms. The van der Waals surface area contributed by atoms with Crippen LogP contribution >= 0.6 is 0 Å². The fraction of sp³-hybridized carbons (Fsp3) is 0.500. The van der Waals surface area contributed by atoms with Gasteiger partial charge in [-0.1, -0.05) is 13.0 Å². The summed E-state index contributed by atoms with van der Waals surface area (Å²) in [6.45, 7) is 2.12. The molecule has 28 heavy (non-hydrogen) atoms. The smallest absolute Gasteiger partial charge is 0.318 e. The fourth-order valence-electron chi connectivity index (χ4n) is 3.26. The van der Waals surface area contributed by atoms with Crippen LogP contribution in [0.25, 0.3) is 0 Å². The van der Waals surface area contributed by atoms with Crippen LogP contribution in [0.2, 0.25) is 0 Å². The maximum atomic E-state index is 13.4. The second-order valence-corrected chi connectivity index (χ2v) is 6.98. The molecular weight excluding hydrogens is 383 g/mol. The van der Waals surface area contributed by atoms with Crippen LogP contribution in [0.1, 0.15) is 67.0 Å². The van der Waals surface area contributed by atoms with Gasteiger partial charge >= 0.3 is 6.18 Å². The van der Waals surface area contributed by atoms with Gasteiger partial charge in [0.25, 0.3) is 12.3 Å². The van der Waals surface area contributed by atoms with Gasteiger partial charge in [-0.3, -0.25) is 9.48 Å². The molecule has 3 rings (SSSR count).